The predicted octanol–water partition coefficient (Wildman–Crippen LogP) is 2.77. The van der Waals surface area contributed by atoms with Gasteiger partial charge in [0.25, 0.3) is 0 Å². The van der Waals surface area contributed by atoms with Crippen LogP contribution in [0, 0.1) is 0 Å². The number of nitrogens with zero attached hydrogens (tertiary/aromatic N) is 3. The first-order valence-corrected chi connectivity index (χ1v) is 10.7. The Balaban J connectivity index is 1.66. The number of aliphatic hydroxyl groups excluding tert-OH is 2. The molecule has 0 spiro atoms. The molecule has 0 saturated carbocycles. The minimum absolute atomic E-state index is 0.0454. The maximum Gasteiger partial charge on any atom is 0.229 e. The number of aromatic nitrogens is 2. The highest BCUT2D eigenvalue weighted by Gasteiger charge is 2.10. The van der Waals surface area contributed by atoms with Crippen LogP contribution in [-0.2, 0) is 11.3 Å². The third-order valence-electron chi connectivity index (χ3n) is 4.52. The molecular weight excluding hydrogens is 422 g/mol. The Morgan fingerprint density at radius 3 is 2.42 bits per heavy atom. The van der Waals surface area contributed by atoms with Gasteiger partial charge in [0.15, 0.2) is 0 Å². The van der Waals surface area contributed by atoms with Crippen LogP contribution in [0.1, 0.15) is 5.56 Å². The van der Waals surface area contributed by atoms with Crippen LogP contribution in [0.4, 0.5) is 23.1 Å². The fraction of sp³-hybridized carbons (Fsp3) is 0.333. The lowest BCUT2D eigenvalue weighted by Gasteiger charge is -2.16. The molecule has 2 aromatic carbocycles. The number of anilines is 4. The summed E-state index contributed by atoms with van der Waals surface area (Å²) in [5, 5.41) is 25.4. The molecular formula is C24H31N5O4. The van der Waals surface area contributed by atoms with E-state index in [1.54, 1.807) is 6.20 Å². The van der Waals surface area contributed by atoms with Crippen molar-refractivity contribution < 1.29 is 19.7 Å². The number of likely N-dealkylation sites (N-methyl/N-ethyl adjacent to an activating group) is 1. The van der Waals surface area contributed by atoms with Crippen molar-refractivity contribution in [3.05, 3.63) is 66.4 Å². The van der Waals surface area contributed by atoms with Crippen molar-refractivity contribution in [1.82, 2.24) is 14.9 Å². The molecule has 1 heterocycles. The van der Waals surface area contributed by atoms with Gasteiger partial charge in [0, 0.05) is 29.7 Å². The standard InChI is InChI=1S/C24H31N5O4/c1-29(2)15-21(31)17-33-22-10-8-20(9-11-22)27-24-25-14-18(16-32-13-12-30)23(28-24)26-19-6-4-3-5-7-19/h3-11,14,21,30-31H,12-13,15-17H2,1-2H3,(H2,25,26,27,28). The summed E-state index contributed by atoms with van der Waals surface area (Å²) in [6.45, 7) is 1.24. The monoisotopic (exact) mass is 453 g/mol. The first-order valence-electron chi connectivity index (χ1n) is 10.7. The zero-order valence-electron chi connectivity index (χ0n) is 18.9. The largest absolute Gasteiger partial charge is 0.491 e. The molecule has 0 bridgehead atoms. The van der Waals surface area contributed by atoms with Gasteiger partial charge in [-0.25, -0.2) is 4.98 Å². The van der Waals surface area contributed by atoms with Crippen LogP contribution in [-0.4, -0.2) is 71.6 Å². The molecule has 3 rings (SSSR count). The second-order valence-corrected chi connectivity index (χ2v) is 7.71. The average molecular weight is 454 g/mol. The number of hydrogen-bond donors (Lipinski definition) is 4. The van der Waals surface area contributed by atoms with E-state index in [4.69, 9.17) is 14.6 Å². The molecule has 0 saturated heterocycles. The number of hydrogen-bond acceptors (Lipinski definition) is 9. The van der Waals surface area contributed by atoms with Gasteiger partial charge in [-0.2, -0.15) is 4.98 Å². The van der Waals surface area contributed by atoms with Crippen molar-refractivity contribution in [2.45, 2.75) is 12.7 Å². The summed E-state index contributed by atoms with van der Waals surface area (Å²) in [7, 11) is 3.81. The fourth-order valence-electron chi connectivity index (χ4n) is 3.02. The van der Waals surface area contributed by atoms with Gasteiger partial charge in [0.2, 0.25) is 5.95 Å². The highest BCUT2D eigenvalue weighted by molar-refractivity contribution is 5.62. The lowest BCUT2D eigenvalue weighted by atomic mass is 10.3. The van der Waals surface area contributed by atoms with Crippen LogP contribution in [0.3, 0.4) is 0 Å². The third kappa shape index (κ3) is 8.32. The Morgan fingerprint density at radius 1 is 1.00 bits per heavy atom. The number of ether oxygens (including phenoxy) is 2. The SMILES string of the molecule is CN(C)CC(O)COc1ccc(Nc2ncc(COCCO)c(Nc3ccccc3)n2)cc1. The second kappa shape index (κ2) is 12.7. The van der Waals surface area contributed by atoms with Crippen LogP contribution in [0.2, 0.25) is 0 Å². The van der Waals surface area contributed by atoms with E-state index in [0.717, 1.165) is 16.9 Å². The van der Waals surface area contributed by atoms with Crippen molar-refractivity contribution in [3.63, 3.8) is 0 Å². The molecule has 33 heavy (non-hydrogen) atoms. The van der Waals surface area contributed by atoms with Crippen molar-refractivity contribution in [2.75, 3.05) is 51.1 Å². The van der Waals surface area contributed by atoms with E-state index >= 15 is 0 Å². The number of nitrogens with one attached hydrogen (secondary N) is 2. The molecule has 0 aliphatic rings. The Hall–Kier alpha value is -3.24. The maximum absolute atomic E-state index is 9.93. The van der Waals surface area contributed by atoms with Crippen LogP contribution in [0.25, 0.3) is 0 Å². The number of aliphatic hydroxyl groups is 2. The van der Waals surface area contributed by atoms with E-state index in [0.29, 0.717) is 24.1 Å². The Bertz CT molecular complexity index is 970. The Labute approximate surface area is 194 Å². The van der Waals surface area contributed by atoms with E-state index in [-0.39, 0.29) is 26.4 Å². The number of para-hydroxylation sites is 1. The van der Waals surface area contributed by atoms with Crippen molar-refractivity contribution in [1.29, 1.82) is 0 Å². The first-order chi connectivity index (χ1) is 16.0. The van der Waals surface area contributed by atoms with E-state index in [1.807, 2.05) is 73.6 Å². The normalized spacial score (nSPS) is 11.9. The zero-order valence-corrected chi connectivity index (χ0v) is 18.9. The molecule has 9 nitrogen and oxygen atoms in total. The molecule has 0 amide bonds. The van der Waals surface area contributed by atoms with Gasteiger partial charge in [-0.05, 0) is 50.5 Å². The maximum atomic E-state index is 9.93. The van der Waals surface area contributed by atoms with E-state index in [1.165, 1.54) is 0 Å². The Morgan fingerprint density at radius 2 is 1.73 bits per heavy atom. The van der Waals surface area contributed by atoms with E-state index in [2.05, 4.69) is 20.6 Å². The number of benzene rings is 2. The summed E-state index contributed by atoms with van der Waals surface area (Å²) < 4.78 is 11.1. The van der Waals surface area contributed by atoms with E-state index in [9.17, 15) is 5.11 Å². The minimum atomic E-state index is -0.554. The van der Waals surface area contributed by atoms with Gasteiger partial charge in [-0.1, -0.05) is 18.2 Å². The van der Waals surface area contributed by atoms with Crippen LogP contribution in [0.15, 0.2) is 60.8 Å². The van der Waals surface area contributed by atoms with Crippen molar-refractivity contribution in [3.8, 4) is 5.75 Å². The van der Waals surface area contributed by atoms with Gasteiger partial charge in [-0.3, -0.25) is 0 Å². The van der Waals surface area contributed by atoms with Crippen molar-refractivity contribution >= 4 is 23.1 Å². The predicted molar refractivity (Wildman–Crippen MR) is 128 cm³/mol. The highest BCUT2D eigenvalue weighted by Crippen LogP contribution is 2.23. The lowest BCUT2D eigenvalue weighted by molar-refractivity contribution is 0.0816. The van der Waals surface area contributed by atoms with Gasteiger partial charge in [-0.15, -0.1) is 0 Å². The Kier molecular flexibility index (Phi) is 9.40. The molecule has 1 aromatic heterocycles. The molecule has 176 valence electrons. The lowest BCUT2D eigenvalue weighted by Crippen LogP contribution is -2.30. The van der Waals surface area contributed by atoms with Gasteiger partial charge < -0.3 is 35.2 Å². The summed E-state index contributed by atoms with van der Waals surface area (Å²) in [6.07, 6.45) is 1.14. The van der Waals surface area contributed by atoms with Crippen LogP contribution in [0.5, 0.6) is 5.75 Å². The molecule has 1 atom stereocenters. The summed E-state index contributed by atoms with van der Waals surface area (Å²) >= 11 is 0. The van der Waals surface area contributed by atoms with Crippen LogP contribution < -0.4 is 15.4 Å². The van der Waals surface area contributed by atoms with Gasteiger partial charge in [0.05, 0.1) is 19.8 Å². The molecule has 0 aliphatic carbocycles. The summed E-state index contributed by atoms with van der Waals surface area (Å²) in [5.74, 6) is 1.71. The molecule has 0 radical (unpaired) electrons. The topological polar surface area (TPSA) is 112 Å². The molecule has 3 aromatic rings. The minimum Gasteiger partial charge on any atom is -0.491 e. The molecule has 0 aliphatic heterocycles. The second-order valence-electron chi connectivity index (χ2n) is 7.71. The van der Waals surface area contributed by atoms with Gasteiger partial charge >= 0.3 is 0 Å². The summed E-state index contributed by atoms with van der Waals surface area (Å²) in [6, 6.07) is 17.1. The van der Waals surface area contributed by atoms with Crippen LogP contribution >= 0.6 is 0 Å². The quantitative estimate of drug-likeness (QED) is 0.290. The zero-order chi connectivity index (χ0) is 23.5. The van der Waals surface area contributed by atoms with E-state index < -0.39 is 6.10 Å². The number of rotatable bonds is 13. The smallest absolute Gasteiger partial charge is 0.229 e. The molecule has 0 fully saturated rings. The van der Waals surface area contributed by atoms with Crippen molar-refractivity contribution in [2.24, 2.45) is 0 Å². The molecule has 1 unspecified atom stereocenters. The fourth-order valence-corrected chi connectivity index (χ4v) is 3.02. The molecule has 9 heteroatoms. The molecule has 4 N–H and O–H groups in total. The third-order valence-corrected chi connectivity index (χ3v) is 4.52. The summed E-state index contributed by atoms with van der Waals surface area (Å²) in [4.78, 5) is 10.9. The first kappa shape index (κ1) is 24.4. The highest BCUT2D eigenvalue weighted by atomic mass is 16.5. The van der Waals surface area contributed by atoms with Gasteiger partial charge in [0.1, 0.15) is 24.3 Å². The average Bonchev–Trinajstić information content (AvgIpc) is 2.80. The summed E-state index contributed by atoms with van der Waals surface area (Å²) in [5.41, 5.74) is 2.47.